The molecule has 0 heterocycles. The van der Waals surface area contributed by atoms with Gasteiger partial charge in [0.05, 0.1) is 12.6 Å². The second-order valence-electron chi connectivity index (χ2n) is 2.07. The number of rotatable bonds is 0. The van der Waals surface area contributed by atoms with Crippen LogP contribution in [-0.2, 0) is 0 Å². The van der Waals surface area contributed by atoms with E-state index in [0.29, 0.717) is 5.57 Å². The summed E-state index contributed by atoms with van der Waals surface area (Å²) < 4.78 is 0. The van der Waals surface area contributed by atoms with E-state index in [0.717, 1.165) is 6.42 Å². The monoisotopic (exact) mass is 142 g/mol. The molecular formula is C9H6N2. The predicted molar refractivity (Wildman–Crippen MR) is 42.1 cm³/mol. The average molecular weight is 142 g/mol. The highest BCUT2D eigenvalue weighted by molar-refractivity contribution is 5.46. The van der Waals surface area contributed by atoms with Crippen LogP contribution in [0.2, 0.25) is 0 Å². The van der Waals surface area contributed by atoms with Gasteiger partial charge in [0, 0.05) is 0 Å². The van der Waals surface area contributed by atoms with Crippen molar-refractivity contribution in [3.05, 3.63) is 47.0 Å². The Hall–Kier alpha value is -1.80. The smallest absolute Gasteiger partial charge is 0.226 e. The lowest BCUT2D eigenvalue weighted by Gasteiger charge is -1.97. The van der Waals surface area contributed by atoms with Crippen LogP contribution in [0.15, 0.2) is 35.6 Å². The van der Waals surface area contributed by atoms with Crippen molar-refractivity contribution in [3.8, 4) is 6.07 Å². The molecule has 11 heavy (non-hydrogen) atoms. The van der Waals surface area contributed by atoms with Gasteiger partial charge in [-0.3, -0.25) is 0 Å². The van der Waals surface area contributed by atoms with Crippen LogP contribution >= 0.6 is 0 Å². The highest BCUT2D eigenvalue weighted by Crippen LogP contribution is 2.13. The van der Waals surface area contributed by atoms with Gasteiger partial charge in [-0.15, -0.1) is 0 Å². The van der Waals surface area contributed by atoms with Crippen LogP contribution in [0, 0.1) is 17.9 Å². The summed E-state index contributed by atoms with van der Waals surface area (Å²) in [6, 6.07) is 1.84. The Morgan fingerprint density at radius 2 is 2.18 bits per heavy atom. The molecule has 0 spiro atoms. The van der Waals surface area contributed by atoms with Gasteiger partial charge in [-0.2, -0.15) is 0 Å². The van der Waals surface area contributed by atoms with Crippen molar-refractivity contribution in [2.75, 3.05) is 0 Å². The van der Waals surface area contributed by atoms with Crippen molar-refractivity contribution < 1.29 is 0 Å². The zero-order valence-electron chi connectivity index (χ0n) is 5.91. The molecule has 2 nitrogen and oxygen atoms in total. The third-order valence-corrected chi connectivity index (χ3v) is 1.36. The van der Waals surface area contributed by atoms with Gasteiger partial charge < -0.3 is 0 Å². The van der Waals surface area contributed by atoms with Crippen LogP contribution < -0.4 is 0 Å². The number of nitriles is 1. The lowest BCUT2D eigenvalue weighted by molar-refractivity contribution is 1.33. The molecule has 0 radical (unpaired) electrons. The van der Waals surface area contributed by atoms with E-state index >= 15 is 0 Å². The minimum Gasteiger partial charge on any atom is -0.226 e. The zero-order valence-corrected chi connectivity index (χ0v) is 5.91. The quantitative estimate of drug-likeness (QED) is 0.376. The first-order valence-corrected chi connectivity index (χ1v) is 3.23. The van der Waals surface area contributed by atoms with E-state index in [1.165, 1.54) is 0 Å². The Kier molecular flexibility index (Phi) is 2.25. The third kappa shape index (κ3) is 1.56. The molecular weight excluding hydrogens is 136 g/mol. The van der Waals surface area contributed by atoms with Gasteiger partial charge in [0.15, 0.2) is 0 Å². The summed E-state index contributed by atoms with van der Waals surface area (Å²) in [5.41, 5.74) is 0.881. The second kappa shape index (κ2) is 3.39. The molecule has 0 atom stereocenters. The molecule has 1 aliphatic carbocycles. The zero-order chi connectivity index (χ0) is 8.10. The van der Waals surface area contributed by atoms with Gasteiger partial charge in [0.2, 0.25) is 0 Å². The van der Waals surface area contributed by atoms with Crippen molar-refractivity contribution in [1.82, 2.24) is 0 Å². The first kappa shape index (κ1) is 7.31. The van der Waals surface area contributed by atoms with Crippen molar-refractivity contribution in [3.63, 3.8) is 0 Å². The SMILES string of the molecule is [C-]#[N+]C(C#N)=C1C=CCC=C1. The number of hydrogen-bond acceptors (Lipinski definition) is 1. The van der Waals surface area contributed by atoms with Gasteiger partial charge in [0.1, 0.15) is 0 Å². The highest BCUT2D eigenvalue weighted by atomic mass is 14.7. The highest BCUT2D eigenvalue weighted by Gasteiger charge is 2.00. The molecule has 0 unspecified atom stereocenters. The van der Waals surface area contributed by atoms with Crippen LogP contribution in [0.3, 0.4) is 0 Å². The molecule has 0 saturated heterocycles. The fourth-order valence-corrected chi connectivity index (χ4v) is 0.836. The molecule has 0 aromatic rings. The molecule has 1 aliphatic rings. The molecule has 1 rings (SSSR count). The van der Waals surface area contributed by atoms with Crippen molar-refractivity contribution >= 4 is 0 Å². The predicted octanol–water partition coefficient (Wildman–Crippen LogP) is 2.20. The van der Waals surface area contributed by atoms with Crippen molar-refractivity contribution in [2.24, 2.45) is 0 Å². The molecule has 0 amide bonds. The van der Waals surface area contributed by atoms with E-state index in [2.05, 4.69) is 4.85 Å². The van der Waals surface area contributed by atoms with Gasteiger partial charge in [-0.05, 0) is 12.0 Å². The minimum atomic E-state index is 0.164. The molecule has 52 valence electrons. The fraction of sp³-hybridized carbons (Fsp3) is 0.111. The number of allylic oxidation sites excluding steroid dienone is 6. The standard InChI is InChI=1S/C9H6N2/c1-11-9(7-10)8-5-3-2-4-6-8/h3-6H,2H2. The molecule has 0 bridgehead atoms. The van der Waals surface area contributed by atoms with Gasteiger partial charge in [0.25, 0.3) is 5.70 Å². The van der Waals surface area contributed by atoms with E-state index in [1.807, 2.05) is 18.2 Å². The number of hydrogen-bond donors (Lipinski definition) is 0. The van der Waals surface area contributed by atoms with Crippen LogP contribution in [0.4, 0.5) is 0 Å². The minimum absolute atomic E-state index is 0.164. The Morgan fingerprint density at radius 1 is 1.55 bits per heavy atom. The normalized spacial score (nSPS) is 13.8. The summed E-state index contributed by atoms with van der Waals surface area (Å²) in [5, 5.41) is 8.49. The maximum absolute atomic E-state index is 8.49. The largest absolute Gasteiger partial charge is 0.268 e. The second-order valence-corrected chi connectivity index (χ2v) is 2.07. The lowest BCUT2D eigenvalue weighted by Crippen LogP contribution is -1.82. The van der Waals surface area contributed by atoms with E-state index in [1.54, 1.807) is 12.2 Å². The Morgan fingerprint density at radius 3 is 2.64 bits per heavy atom. The molecule has 0 N–H and O–H groups in total. The summed E-state index contributed by atoms with van der Waals surface area (Å²) in [7, 11) is 0. The van der Waals surface area contributed by atoms with E-state index in [9.17, 15) is 0 Å². The first-order valence-electron chi connectivity index (χ1n) is 3.23. The Bertz CT molecular complexity index is 288. The van der Waals surface area contributed by atoms with Crippen molar-refractivity contribution in [1.29, 1.82) is 5.26 Å². The topological polar surface area (TPSA) is 28.1 Å². The molecule has 0 aliphatic heterocycles. The maximum atomic E-state index is 8.49. The summed E-state index contributed by atoms with van der Waals surface area (Å²) in [4.78, 5) is 3.10. The molecule has 0 fully saturated rings. The van der Waals surface area contributed by atoms with E-state index in [-0.39, 0.29) is 5.70 Å². The van der Waals surface area contributed by atoms with Crippen LogP contribution in [0.1, 0.15) is 6.42 Å². The summed E-state index contributed by atoms with van der Waals surface area (Å²) in [6.07, 6.45) is 8.35. The number of nitrogens with zero attached hydrogens (tertiary/aromatic N) is 2. The van der Waals surface area contributed by atoms with Crippen molar-refractivity contribution in [2.45, 2.75) is 6.42 Å². The summed E-state index contributed by atoms with van der Waals surface area (Å²) >= 11 is 0. The maximum Gasteiger partial charge on any atom is 0.268 e. The van der Waals surface area contributed by atoms with E-state index in [4.69, 9.17) is 11.8 Å². The van der Waals surface area contributed by atoms with Crippen LogP contribution in [-0.4, -0.2) is 0 Å². The third-order valence-electron chi connectivity index (χ3n) is 1.36. The van der Waals surface area contributed by atoms with Gasteiger partial charge >= 0.3 is 0 Å². The molecule has 0 saturated carbocycles. The first-order chi connectivity index (χ1) is 5.38. The fourth-order valence-electron chi connectivity index (χ4n) is 0.836. The van der Waals surface area contributed by atoms with Gasteiger partial charge in [-0.25, -0.2) is 10.1 Å². The van der Waals surface area contributed by atoms with Crippen LogP contribution in [0.25, 0.3) is 4.85 Å². The molecule has 0 aromatic heterocycles. The van der Waals surface area contributed by atoms with Gasteiger partial charge in [-0.1, -0.05) is 24.3 Å². The van der Waals surface area contributed by atoms with E-state index < -0.39 is 0 Å². The molecule has 2 heteroatoms. The summed E-state index contributed by atoms with van der Waals surface area (Å²) in [6.45, 7) is 6.67. The molecule has 0 aromatic carbocycles. The van der Waals surface area contributed by atoms with Crippen LogP contribution in [0.5, 0.6) is 0 Å². The Balaban J connectivity index is 3.06. The average Bonchev–Trinajstić information content (AvgIpc) is 2.09. The lowest BCUT2D eigenvalue weighted by atomic mass is 10.1. The summed E-state index contributed by atoms with van der Waals surface area (Å²) in [5.74, 6) is 0. The Labute approximate surface area is 65.6 Å².